The van der Waals surface area contributed by atoms with E-state index in [9.17, 15) is 13.2 Å². The minimum atomic E-state index is -3.40. The molecule has 3 heterocycles. The molecule has 0 saturated carbocycles. The van der Waals surface area contributed by atoms with Crippen molar-refractivity contribution in [2.24, 2.45) is 0 Å². The summed E-state index contributed by atoms with van der Waals surface area (Å²) in [5.41, 5.74) is 1.21. The quantitative estimate of drug-likeness (QED) is 0.749. The second-order valence-corrected chi connectivity index (χ2v) is 7.96. The first kappa shape index (κ1) is 17.6. The molecule has 134 valence electrons. The van der Waals surface area contributed by atoms with Crippen LogP contribution in [-0.2, 0) is 23.1 Å². The number of carbonyl (C=O) groups is 1. The summed E-state index contributed by atoms with van der Waals surface area (Å²) in [7, 11) is -3.40. The van der Waals surface area contributed by atoms with Crippen LogP contribution in [0, 0.1) is 0 Å². The number of nitrogens with zero attached hydrogens (tertiary/aromatic N) is 5. The molecular weight excluding hydrogens is 342 g/mol. The molecule has 1 amide bonds. The maximum Gasteiger partial charge on any atom is 0.272 e. The van der Waals surface area contributed by atoms with Crippen LogP contribution in [0.25, 0.3) is 0 Å². The van der Waals surface area contributed by atoms with Crippen molar-refractivity contribution in [3.8, 4) is 0 Å². The van der Waals surface area contributed by atoms with Crippen LogP contribution in [0.3, 0.4) is 0 Å². The number of likely N-dealkylation sites (tertiary alicyclic amines) is 1. The fraction of sp³-hybridized carbons (Fsp3) is 0.438. The Morgan fingerprint density at radius 1 is 1.28 bits per heavy atom. The van der Waals surface area contributed by atoms with E-state index in [1.165, 1.54) is 10.6 Å². The summed E-state index contributed by atoms with van der Waals surface area (Å²) >= 11 is 0. The number of sulfonamides is 1. The van der Waals surface area contributed by atoms with Crippen molar-refractivity contribution < 1.29 is 13.2 Å². The zero-order valence-corrected chi connectivity index (χ0v) is 15.1. The van der Waals surface area contributed by atoms with Crippen molar-refractivity contribution in [2.45, 2.75) is 26.1 Å². The molecule has 0 radical (unpaired) electrons. The molecular formula is C16H21N5O3S. The van der Waals surface area contributed by atoms with Gasteiger partial charge in [0.1, 0.15) is 5.69 Å². The van der Waals surface area contributed by atoms with Gasteiger partial charge in [-0.05, 0) is 25.1 Å². The first-order chi connectivity index (χ1) is 11.9. The summed E-state index contributed by atoms with van der Waals surface area (Å²) in [6, 6.07) is 6.85. The topological polar surface area (TPSA) is 88.4 Å². The third kappa shape index (κ3) is 3.72. The molecule has 1 aliphatic heterocycles. The third-order valence-electron chi connectivity index (χ3n) is 4.26. The van der Waals surface area contributed by atoms with Crippen LogP contribution in [0.1, 0.15) is 23.1 Å². The third-order valence-corrected chi connectivity index (χ3v) is 5.54. The molecule has 3 rings (SSSR count). The van der Waals surface area contributed by atoms with Crippen LogP contribution < -0.4 is 0 Å². The van der Waals surface area contributed by atoms with Gasteiger partial charge in [-0.1, -0.05) is 6.07 Å². The van der Waals surface area contributed by atoms with Crippen LogP contribution in [0.4, 0.5) is 0 Å². The number of amides is 1. The maximum absolute atomic E-state index is 12.5. The molecule has 2 aromatic heterocycles. The minimum Gasteiger partial charge on any atom is -0.334 e. The monoisotopic (exact) mass is 363 g/mol. The lowest BCUT2D eigenvalue weighted by atomic mass is 10.1. The highest BCUT2D eigenvalue weighted by atomic mass is 32.2. The minimum absolute atomic E-state index is 0.123. The molecule has 25 heavy (non-hydrogen) atoms. The Morgan fingerprint density at radius 3 is 2.64 bits per heavy atom. The van der Waals surface area contributed by atoms with Gasteiger partial charge >= 0.3 is 0 Å². The highest BCUT2D eigenvalue weighted by Gasteiger charge is 2.39. The van der Waals surface area contributed by atoms with E-state index in [2.05, 4.69) is 10.1 Å². The van der Waals surface area contributed by atoms with Gasteiger partial charge in [0.15, 0.2) is 0 Å². The van der Waals surface area contributed by atoms with E-state index in [-0.39, 0.29) is 18.5 Å². The number of rotatable bonds is 6. The van der Waals surface area contributed by atoms with Crippen molar-refractivity contribution in [2.75, 3.05) is 19.3 Å². The number of hydrogen-bond donors (Lipinski definition) is 0. The fourth-order valence-electron chi connectivity index (χ4n) is 2.90. The molecule has 9 heteroatoms. The van der Waals surface area contributed by atoms with Crippen LogP contribution in [0.15, 0.2) is 36.7 Å². The molecule has 2 aromatic rings. The zero-order chi connectivity index (χ0) is 18.0. The van der Waals surface area contributed by atoms with E-state index in [0.29, 0.717) is 31.0 Å². The van der Waals surface area contributed by atoms with Crippen molar-refractivity contribution in [3.05, 3.63) is 48.0 Å². The lowest BCUT2D eigenvalue weighted by Crippen LogP contribution is -2.62. The van der Waals surface area contributed by atoms with Crippen molar-refractivity contribution in [1.82, 2.24) is 24.0 Å². The predicted octanol–water partition coefficient (Wildman–Crippen LogP) is 0.584. The number of aromatic nitrogens is 3. The van der Waals surface area contributed by atoms with E-state index in [4.69, 9.17) is 0 Å². The zero-order valence-electron chi connectivity index (χ0n) is 14.2. The van der Waals surface area contributed by atoms with Gasteiger partial charge in [-0.2, -0.15) is 9.40 Å². The summed E-state index contributed by atoms with van der Waals surface area (Å²) in [4.78, 5) is 18.4. The van der Waals surface area contributed by atoms with Crippen LogP contribution in [0.5, 0.6) is 0 Å². The molecule has 1 fully saturated rings. The SMILES string of the molecule is CCn1nccc1C(=O)N1CC(N(Cc2ccccn2)S(C)(=O)=O)C1. The fourth-order valence-corrected chi connectivity index (χ4v) is 3.94. The van der Waals surface area contributed by atoms with E-state index < -0.39 is 10.0 Å². The standard InChI is InChI=1S/C16H21N5O3S/c1-3-20-15(7-9-18-20)16(22)19-11-14(12-19)21(25(2,23)24)10-13-6-4-5-8-17-13/h4-9,14H,3,10-12H2,1-2H3. The molecule has 8 nitrogen and oxygen atoms in total. The van der Waals surface area contributed by atoms with Gasteiger partial charge in [0.25, 0.3) is 5.91 Å². The molecule has 0 atom stereocenters. The predicted molar refractivity (Wildman–Crippen MR) is 92.2 cm³/mol. The normalized spacial score (nSPS) is 15.4. The second-order valence-electron chi connectivity index (χ2n) is 6.03. The first-order valence-electron chi connectivity index (χ1n) is 8.08. The molecule has 0 spiro atoms. The average molecular weight is 363 g/mol. The Kier molecular flexibility index (Phi) is 4.87. The van der Waals surface area contributed by atoms with Crippen LogP contribution in [0.2, 0.25) is 0 Å². The highest BCUT2D eigenvalue weighted by Crippen LogP contribution is 2.22. The number of hydrogen-bond acceptors (Lipinski definition) is 5. The van der Waals surface area contributed by atoms with Gasteiger partial charge in [-0.25, -0.2) is 8.42 Å². The smallest absolute Gasteiger partial charge is 0.272 e. The number of carbonyl (C=O) groups excluding carboxylic acids is 1. The van der Waals surface area contributed by atoms with Gasteiger partial charge in [0.05, 0.1) is 24.5 Å². The average Bonchev–Trinajstić information content (AvgIpc) is 3.01. The second kappa shape index (κ2) is 6.93. The van der Waals surface area contributed by atoms with Crippen LogP contribution >= 0.6 is 0 Å². The lowest BCUT2D eigenvalue weighted by Gasteiger charge is -2.44. The first-order valence-corrected chi connectivity index (χ1v) is 9.92. The molecule has 0 unspecified atom stereocenters. The van der Waals surface area contributed by atoms with Crippen molar-refractivity contribution in [3.63, 3.8) is 0 Å². The van der Waals surface area contributed by atoms with Gasteiger partial charge in [0.2, 0.25) is 10.0 Å². The Labute approximate surface area is 147 Å². The van der Waals surface area contributed by atoms with Crippen molar-refractivity contribution >= 4 is 15.9 Å². The van der Waals surface area contributed by atoms with E-state index >= 15 is 0 Å². The molecule has 0 aromatic carbocycles. The summed E-state index contributed by atoms with van der Waals surface area (Å²) in [6.45, 7) is 3.47. The Hall–Kier alpha value is -2.26. The number of pyridine rings is 1. The van der Waals surface area contributed by atoms with Gasteiger partial charge in [0, 0.05) is 32.0 Å². The molecule has 1 saturated heterocycles. The summed E-state index contributed by atoms with van der Waals surface area (Å²) in [6.07, 6.45) is 4.42. The van der Waals surface area contributed by atoms with Gasteiger partial charge < -0.3 is 4.90 Å². The van der Waals surface area contributed by atoms with Crippen molar-refractivity contribution in [1.29, 1.82) is 0 Å². The highest BCUT2D eigenvalue weighted by molar-refractivity contribution is 7.88. The van der Waals surface area contributed by atoms with E-state index in [1.54, 1.807) is 40.2 Å². The maximum atomic E-state index is 12.5. The molecule has 1 aliphatic rings. The summed E-state index contributed by atoms with van der Waals surface area (Å²) in [5.74, 6) is -0.123. The Morgan fingerprint density at radius 2 is 2.04 bits per heavy atom. The lowest BCUT2D eigenvalue weighted by molar-refractivity contribution is 0.0430. The Bertz CT molecular complexity index is 844. The largest absolute Gasteiger partial charge is 0.334 e. The molecule has 0 aliphatic carbocycles. The molecule has 0 bridgehead atoms. The summed E-state index contributed by atoms with van der Waals surface area (Å²) in [5, 5.41) is 4.10. The van der Waals surface area contributed by atoms with E-state index in [1.807, 2.05) is 13.0 Å². The molecule has 0 N–H and O–H groups in total. The number of aryl methyl sites for hydroxylation is 1. The summed E-state index contributed by atoms with van der Waals surface area (Å²) < 4.78 is 27.4. The Balaban J connectivity index is 1.69. The van der Waals surface area contributed by atoms with Gasteiger partial charge in [-0.3, -0.25) is 14.5 Å². The van der Waals surface area contributed by atoms with Gasteiger partial charge in [-0.15, -0.1) is 0 Å². The van der Waals surface area contributed by atoms with E-state index in [0.717, 1.165) is 0 Å². The van der Waals surface area contributed by atoms with Crippen LogP contribution in [-0.4, -0.2) is 63.7 Å².